The van der Waals surface area contributed by atoms with Crippen LogP contribution in [0.2, 0.25) is 0 Å². The number of aromatic nitrogens is 1. The van der Waals surface area contributed by atoms with Gasteiger partial charge in [-0.2, -0.15) is 0 Å². The van der Waals surface area contributed by atoms with E-state index in [1.807, 2.05) is 36.1 Å². The Bertz CT molecular complexity index is 1020. The second-order valence-corrected chi connectivity index (χ2v) is 6.89. The van der Waals surface area contributed by atoms with Crippen molar-refractivity contribution in [2.24, 2.45) is 0 Å². The number of nitrogens with zero attached hydrogens (tertiary/aromatic N) is 2. The summed E-state index contributed by atoms with van der Waals surface area (Å²) in [6, 6.07) is 14.1. The van der Waals surface area contributed by atoms with Gasteiger partial charge in [0.15, 0.2) is 0 Å². The molecule has 4 nitrogen and oxygen atoms in total. The summed E-state index contributed by atoms with van der Waals surface area (Å²) < 4.78 is 18.9. The zero-order valence-corrected chi connectivity index (χ0v) is 15.4. The number of carbonyl (C=O) groups excluding carboxylic acids is 1. The van der Waals surface area contributed by atoms with Gasteiger partial charge in [-0.25, -0.2) is 4.39 Å². The third-order valence-electron chi connectivity index (χ3n) is 5.19. The van der Waals surface area contributed by atoms with Gasteiger partial charge in [0.25, 0.3) is 5.91 Å². The van der Waals surface area contributed by atoms with Gasteiger partial charge in [0.2, 0.25) is 0 Å². The van der Waals surface area contributed by atoms with E-state index < -0.39 is 0 Å². The number of benzene rings is 2. The molecule has 0 saturated carbocycles. The zero-order valence-electron chi connectivity index (χ0n) is 15.4. The Morgan fingerprint density at radius 2 is 2.07 bits per heavy atom. The summed E-state index contributed by atoms with van der Waals surface area (Å²) in [6.45, 7) is 2.52. The smallest absolute Gasteiger partial charge is 0.256 e. The largest absolute Gasteiger partial charge is 0.497 e. The standard InChI is InChI=1S/C22H21FN2O2/c1-14-19(13-16-11-17(23)8-9-20(16)24-14)22(26)25-10-4-7-21(25)15-5-3-6-18(12-15)27-2/h3,5-6,8-9,11-13,21H,4,7,10H2,1-2H3. The van der Waals surface area contributed by atoms with Crippen molar-refractivity contribution in [3.05, 3.63) is 71.2 Å². The minimum absolute atomic E-state index is 0.00945. The summed E-state index contributed by atoms with van der Waals surface area (Å²) in [5, 5.41) is 0.640. The molecular weight excluding hydrogens is 343 g/mol. The molecular formula is C22H21FN2O2. The normalized spacial score (nSPS) is 16.7. The molecule has 1 unspecified atom stereocenters. The molecule has 3 aromatic rings. The maximum Gasteiger partial charge on any atom is 0.256 e. The molecule has 138 valence electrons. The molecule has 1 fully saturated rings. The first-order chi connectivity index (χ1) is 13.1. The molecule has 0 aliphatic carbocycles. The third kappa shape index (κ3) is 3.25. The third-order valence-corrected chi connectivity index (χ3v) is 5.19. The summed E-state index contributed by atoms with van der Waals surface area (Å²) in [5.41, 5.74) is 2.95. The van der Waals surface area contributed by atoms with Gasteiger partial charge in [-0.1, -0.05) is 12.1 Å². The van der Waals surface area contributed by atoms with Crippen molar-refractivity contribution >= 4 is 16.8 Å². The average molecular weight is 364 g/mol. The van der Waals surface area contributed by atoms with Crippen molar-refractivity contribution in [1.82, 2.24) is 9.88 Å². The number of hydrogen-bond donors (Lipinski definition) is 0. The van der Waals surface area contributed by atoms with Gasteiger partial charge < -0.3 is 9.64 Å². The topological polar surface area (TPSA) is 42.4 Å². The summed E-state index contributed by atoms with van der Waals surface area (Å²) in [6.07, 6.45) is 1.86. The van der Waals surface area contributed by atoms with Crippen LogP contribution in [0.25, 0.3) is 10.9 Å². The molecule has 27 heavy (non-hydrogen) atoms. The van der Waals surface area contributed by atoms with Crippen molar-refractivity contribution in [3.63, 3.8) is 0 Å². The van der Waals surface area contributed by atoms with E-state index in [1.54, 1.807) is 19.2 Å². The van der Waals surface area contributed by atoms with Crippen molar-refractivity contribution in [2.45, 2.75) is 25.8 Å². The van der Waals surface area contributed by atoms with E-state index in [4.69, 9.17) is 4.74 Å². The average Bonchev–Trinajstić information content (AvgIpc) is 3.17. The number of amides is 1. The minimum Gasteiger partial charge on any atom is -0.497 e. The van der Waals surface area contributed by atoms with Gasteiger partial charge in [-0.05, 0) is 61.7 Å². The molecule has 4 rings (SSSR count). The monoisotopic (exact) mass is 364 g/mol. The van der Waals surface area contributed by atoms with E-state index in [0.29, 0.717) is 28.7 Å². The van der Waals surface area contributed by atoms with Gasteiger partial charge >= 0.3 is 0 Å². The van der Waals surface area contributed by atoms with Crippen LogP contribution in [0.15, 0.2) is 48.5 Å². The summed E-state index contributed by atoms with van der Waals surface area (Å²) in [5.74, 6) is 0.393. The number of methoxy groups -OCH3 is 1. The van der Waals surface area contributed by atoms with Crippen LogP contribution in [-0.4, -0.2) is 29.4 Å². The number of fused-ring (bicyclic) bond motifs is 1. The van der Waals surface area contributed by atoms with Crippen LogP contribution in [0.1, 0.15) is 40.5 Å². The first kappa shape index (κ1) is 17.5. The van der Waals surface area contributed by atoms with Crippen LogP contribution in [0, 0.1) is 12.7 Å². The molecule has 1 atom stereocenters. The summed E-state index contributed by atoms with van der Waals surface area (Å²) in [7, 11) is 1.64. The van der Waals surface area contributed by atoms with E-state index >= 15 is 0 Å². The SMILES string of the molecule is COc1cccc(C2CCCN2C(=O)c2cc3cc(F)ccc3nc2C)c1. The van der Waals surface area contributed by atoms with Gasteiger partial charge in [0, 0.05) is 11.9 Å². The molecule has 2 heterocycles. The van der Waals surface area contributed by atoms with E-state index in [2.05, 4.69) is 4.98 Å². The van der Waals surface area contributed by atoms with Crippen molar-refractivity contribution in [3.8, 4) is 5.75 Å². The second-order valence-electron chi connectivity index (χ2n) is 6.89. The molecule has 2 aromatic carbocycles. The highest BCUT2D eigenvalue weighted by molar-refractivity contribution is 5.99. The fourth-order valence-corrected chi connectivity index (χ4v) is 3.82. The number of rotatable bonds is 3. The highest BCUT2D eigenvalue weighted by Crippen LogP contribution is 2.35. The fourth-order valence-electron chi connectivity index (χ4n) is 3.82. The lowest BCUT2D eigenvalue weighted by Gasteiger charge is -2.26. The Hall–Kier alpha value is -2.95. The lowest BCUT2D eigenvalue weighted by atomic mass is 10.0. The Balaban J connectivity index is 1.70. The predicted molar refractivity (Wildman–Crippen MR) is 102 cm³/mol. The molecule has 1 amide bonds. The van der Waals surface area contributed by atoms with Crippen LogP contribution in [0.5, 0.6) is 5.75 Å². The maximum atomic E-state index is 13.6. The Kier molecular flexibility index (Phi) is 4.52. The van der Waals surface area contributed by atoms with Crippen LogP contribution in [0.3, 0.4) is 0 Å². The number of pyridine rings is 1. The second kappa shape index (κ2) is 6.99. The minimum atomic E-state index is -0.331. The van der Waals surface area contributed by atoms with Crippen LogP contribution in [-0.2, 0) is 0 Å². The first-order valence-electron chi connectivity index (χ1n) is 9.08. The van der Waals surface area contributed by atoms with Crippen molar-refractivity contribution in [1.29, 1.82) is 0 Å². The van der Waals surface area contributed by atoms with E-state index in [1.165, 1.54) is 12.1 Å². The fraction of sp³-hybridized carbons (Fsp3) is 0.273. The Morgan fingerprint density at radius 3 is 2.89 bits per heavy atom. The van der Waals surface area contributed by atoms with E-state index in [0.717, 1.165) is 24.2 Å². The lowest BCUT2D eigenvalue weighted by molar-refractivity contribution is 0.0734. The number of carbonyl (C=O) groups is 1. The first-order valence-corrected chi connectivity index (χ1v) is 9.08. The molecule has 0 spiro atoms. The number of likely N-dealkylation sites (tertiary alicyclic amines) is 1. The van der Waals surface area contributed by atoms with Crippen LogP contribution < -0.4 is 4.74 Å². The number of hydrogen-bond acceptors (Lipinski definition) is 3. The van der Waals surface area contributed by atoms with Gasteiger partial charge in [0.05, 0.1) is 29.9 Å². The molecule has 5 heteroatoms. The van der Waals surface area contributed by atoms with E-state index in [-0.39, 0.29) is 17.8 Å². The number of ether oxygens (including phenoxy) is 1. The zero-order chi connectivity index (χ0) is 19.0. The Morgan fingerprint density at radius 1 is 1.22 bits per heavy atom. The predicted octanol–water partition coefficient (Wildman–Crippen LogP) is 4.67. The van der Waals surface area contributed by atoms with Crippen molar-refractivity contribution < 1.29 is 13.9 Å². The maximum absolute atomic E-state index is 13.6. The van der Waals surface area contributed by atoms with Gasteiger partial charge in [-0.3, -0.25) is 9.78 Å². The Labute approximate surface area is 157 Å². The quantitative estimate of drug-likeness (QED) is 0.678. The summed E-state index contributed by atoms with van der Waals surface area (Å²) in [4.78, 5) is 19.7. The number of aryl methyl sites for hydroxylation is 1. The highest BCUT2D eigenvalue weighted by Gasteiger charge is 2.31. The summed E-state index contributed by atoms with van der Waals surface area (Å²) >= 11 is 0. The molecule has 1 aliphatic rings. The molecule has 0 radical (unpaired) electrons. The van der Waals surface area contributed by atoms with Crippen molar-refractivity contribution in [2.75, 3.05) is 13.7 Å². The molecule has 0 bridgehead atoms. The molecule has 1 aromatic heterocycles. The highest BCUT2D eigenvalue weighted by atomic mass is 19.1. The molecule has 0 N–H and O–H groups in total. The van der Waals surface area contributed by atoms with Crippen LogP contribution in [0.4, 0.5) is 4.39 Å². The molecule has 1 saturated heterocycles. The van der Waals surface area contributed by atoms with Gasteiger partial charge in [0.1, 0.15) is 11.6 Å². The molecule has 1 aliphatic heterocycles. The lowest BCUT2D eigenvalue weighted by Crippen LogP contribution is -2.31. The van der Waals surface area contributed by atoms with Crippen LogP contribution >= 0.6 is 0 Å². The van der Waals surface area contributed by atoms with E-state index in [9.17, 15) is 9.18 Å². The van der Waals surface area contributed by atoms with Gasteiger partial charge in [-0.15, -0.1) is 0 Å². The number of halogens is 1.